The summed E-state index contributed by atoms with van der Waals surface area (Å²) >= 11 is 0. The van der Waals surface area contributed by atoms with Gasteiger partial charge >= 0.3 is 0 Å². The molecule has 3 heteroatoms. The average molecular weight is 235 g/mol. The van der Waals surface area contributed by atoms with Crippen LogP contribution in [0.4, 0.5) is 5.82 Å². The Labute approximate surface area is 105 Å². The van der Waals surface area contributed by atoms with Crippen LogP contribution in [-0.2, 0) is 6.54 Å². The number of aromatic nitrogens is 1. The standard InChI is InChI=1S/C14H25N3/c1-11(2)9-12(3)17(5)10-13-7-6-8-14(15-4)16-13/h6-8,11-12H,9-10H2,1-5H3,(H,15,16). The molecule has 3 nitrogen and oxygen atoms in total. The summed E-state index contributed by atoms with van der Waals surface area (Å²) < 4.78 is 0. The topological polar surface area (TPSA) is 28.2 Å². The first-order valence-corrected chi connectivity index (χ1v) is 6.36. The van der Waals surface area contributed by atoms with Gasteiger partial charge < -0.3 is 5.32 Å². The van der Waals surface area contributed by atoms with E-state index in [1.807, 2.05) is 13.1 Å². The molecule has 0 aliphatic heterocycles. The van der Waals surface area contributed by atoms with Gasteiger partial charge in [0.15, 0.2) is 0 Å². The Morgan fingerprint density at radius 1 is 1.29 bits per heavy atom. The average Bonchev–Trinajstić information content (AvgIpc) is 2.28. The van der Waals surface area contributed by atoms with Crippen molar-refractivity contribution in [2.45, 2.75) is 39.8 Å². The fraction of sp³-hybridized carbons (Fsp3) is 0.643. The van der Waals surface area contributed by atoms with Crippen LogP contribution in [0.2, 0.25) is 0 Å². The molecule has 0 saturated carbocycles. The van der Waals surface area contributed by atoms with E-state index in [4.69, 9.17) is 0 Å². The van der Waals surface area contributed by atoms with E-state index in [0.717, 1.165) is 24.0 Å². The van der Waals surface area contributed by atoms with Gasteiger partial charge in [0.2, 0.25) is 0 Å². The van der Waals surface area contributed by atoms with Crippen LogP contribution in [0, 0.1) is 5.92 Å². The van der Waals surface area contributed by atoms with Crippen molar-refractivity contribution in [3.05, 3.63) is 23.9 Å². The van der Waals surface area contributed by atoms with E-state index in [9.17, 15) is 0 Å². The molecule has 17 heavy (non-hydrogen) atoms. The molecule has 1 unspecified atom stereocenters. The van der Waals surface area contributed by atoms with Gasteiger partial charge in [0.05, 0.1) is 5.69 Å². The fourth-order valence-corrected chi connectivity index (χ4v) is 1.98. The lowest BCUT2D eigenvalue weighted by atomic mass is 10.0. The highest BCUT2D eigenvalue weighted by atomic mass is 15.1. The third-order valence-electron chi connectivity index (χ3n) is 3.04. The summed E-state index contributed by atoms with van der Waals surface area (Å²) in [6.45, 7) is 7.72. The normalized spacial score (nSPS) is 13.1. The second kappa shape index (κ2) is 6.60. The van der Waals surface area contributed by atoms with E-state index in [1.54, 1.807) is 0 Å². The molecule has 0 aromatic carbocycles. The van der Waals surface area contributed by atoms with Crippen molar-refractivity contribution in [3.8, 4) is 0 Å². The smallest absolute Gasteiger partial charge is 0.126 e. The lowest BCUT2D eigenvalue weighted by Gasteiger charge is -2.25. The zero-order valence-corrected chi connectivity index (χ0v) is 11.7. The minimum absolute atomic E-state index is 0.593. The zero-order chi connectivity index (χ0) is 12.8. The minimum Gasteiger partial charge on any atom is -0.373 e. The molecular weight excluding hydrogens is 210 g/mol. The SMILES string of the molecule is CNc1cccc(CN(C)C(C)CC(C)C)n1. The molecule has 0 aliphatic carbocycles. The van der Waals surface area contributed by atoms with Crippen molar-refractivity contribution < 1.29 is 0 Å². The summed E-state index contributed by atoms with van der Waals surface area (Å²) in [6.07, 6.45) is 1.22. The van der Waals surface area contributed by atoms with Crippen molar-refractivity contribution in [1.82, 2.24) is 9.88 Å². The summed E-state index contributed by atoms with van der Waals surface area (Å²) in [5.74, 6) is 1.68. The number of pyridine rings is 1. The first kappa shape index (κ1) is 14.0. The van der Waals surface area contributed by atoms with Gasteiger partial charge in [0.25, 0.3) is 0 Å². The molecule has 1 rings (SSSR count). The van der Waals surface area contributed by atoms with Crippen LogP contribution >= 0.6 is 0 Å². The molecule has 0 aliphatic rings. The number of hydrogen-bond acceptors (Lipinski definition) is 3. The summed E-state index contributed by atoms with van der Waals surface area (Å²) in [4.78, 5) is 6.90. The number of nitrogens with one attached hydrogen (secondary N) is 1. The largest absolute Gasteiger partial charge is 0.373 e. The molecule has 0 bridgehead atoms. The van der Waals surface area contributed by atoms with Crippen LogP contribution < -0.4 is 5.32 Å². The minimum atomic E-state index is 0.593. The number of nitrogens with zero attached hydrogens (tertiary/aromatic N) is 2. The quantitative estimate of drug-likeness (QED) is 0.821. The Hall–Kier alpha value is -1.09. The molecule has 1 atom stereocenters. The molecule has 0 fully saturated rings. The Morgan fingerprint density at radius 3 is 2.59 bits per heavy atom. The molecular formula is C14H25N3. The lowest BCUT2D eigenvalue weighted by molar-refractivity contribution is 0.218. The van der Waals surface area contributed by atoms with E-state index in [2.05, 4.69) is 55.2 Å². The van der Waals surface area contributed by atoms with Gasteiger partial charge in [-0.05, 0) is 38.4 Å². The van der Waals surface area contributed by atoms with Crippen molar-refractivity contribution in [1.29, 1.82) is 0 Å². The van der Waals surface area contributed by atoms with Crippen LogP contribution in [0.3, 0.4) is 0 Å². The highest BCUT2D eigenvalue weighted by Gasteiger charge is 2.11. The first-order valence-electron chi connectivity index (χ1n) is 6.36. The predicted molar refractivity (Wildman–Crippen MR) is 74.2 cm³/mol. The van der Waals surface area contributed by atoms with Gasteiger partial charge in [-0.25, -0.2) is 4.98 Å². The van der Waals surface area contributed by atoms with Crippen LogP contribution in [0.5, 0.6) is 0 Å². The second-order valence-corrected chi connectivity index (χ2v) is 5.16. The molecule has 1 N–H and O–H groups in total. The molecule has 0 saturated heterocycles. The number of rotatable bonds is 6. The molecule has 1 heterocycles. The van der Waals surface area contributed by atoms with E-state index in [0.29, 0.717) is 6.04 Å². The summed E-state index contributed by atoms with van der Waals surface area (Å²) in [5, 5.41) is 3.07. The van der Waals surface area contributed by atoms with Crippen molar-refractivity contribution in [2.24, 2.45) is 5.92 Å². The molecule has 1 aromatic heterocycles. The Bertz CT molecular complexity index is 336. The van der Waals surface area contributed by atoms with Crippen LogP contribution in [0.15, 0.2) is 18.2 Å². The van der Waals surface area contributed by atoms with Crippen molar-refractivity contribution in [3.63, 3.8) is 0 Å². The highest BCUT2D eigenvalue weighted by molar-refractivity contribution is 5.34. The Kier molecular flexibility index (Phi) is 5.42. The van der Waals surface area contributed by atoms with Gasteiger partial charge in [-0.2, -0.15) is 0 Å². The highest BCUT2D eigenvalue weighted by Crippen LogP contribution is 2.13. The van der Waals surface area contributed by atoms with Crippen molar-refractivity contribution in [2.75, 3.05) is 19.4 Å². The maximum atomic E-state index is 4.54. The Balaban J connectivity index is 2.57. The van der Waals surface area contributed by atoms with E-state index >= 15 is 0 Å². The van der Waals surface area contributed by atoms with Gasteiger partial charge in [0.1, 0.15) is 5.82 Å². The van der Waals surface area contributed by atoms with Crippen LogP contribution in [0.25, 0.3) is 0 Å². The van der Waals surface area contributed by atoms with E-state index in [-0.39, 0.29) is 0 Å². The monoisotopic (exact) mass is 235 g/mol. The lowest BCUT2D eigenvalue weighted by Crippen LogP contribution is -2.30. The second-order valence-electron chi connectivity index (χ2n) is 5.16. The van der Waals surface area contributed by atoms with Crippen molar-refractivity contribution >= 4 is 5.82 Å². The fourth-order valence-electron chi connectivity index (χ4n) is 1.98. The van der Waals surface area contributed by atoms with Gasteiger partial charge in [-0.1, -0.05) is 19.9 Å². The summed E-state index contributed by atoms with van der Waals surface area (Å²) in [7, 11) is 4.07. The molecule has 1 aromatic rings. The predicted octanol–water partition coefficient (Wildman–Crippen LogP) is 2.99. The number of anilines is 1. The van der Waals surface area contributed by atoms with E-state index < -0.39 is 0 Å². The maximum Gasteiger partial charge on any atom is 0.126 e. The first-order chi connectivity index (χ1) is 8.02. The number of hydrogen-bond donors (Lipinski definition) is 1. The zero-order valence-electron chi connectivity index (χ0n) is 11.7. The maximum absolute atomic E-state index is 4.54. The molecule has 0 amide bonds. The van der Waals surface area contributed by atoms with E-state index in [1.165, 1.54) is 6.42 Å². The summed E-state index contributed by atoms with van der Waals surface area (Å²) in [5.41, 5.74) is 1.12. The van der Waals surface area contributed by atoms with Crippen LogP contribution in [0.1, 0.15) is 32.9 Å². The van der Waals surface area contributed by atoms with Gasteiger partial charge in [-0.15, -0.1) is 0 Å². The molecule has 0 radical (unpaired) electrons. The third-order valence-corrected chi connectivity index (χ3v) is 3.04. The van der Waals surface area contributed by atoms with Crippen LogP contribution in [-0.4, -0.2) is 30.0 Å². The van der Waals surface area contributed by atoms with Gasteiger partial charge in [-0.3, -0.25) is 4.90 Å². The third kappa shape index (κ3) is 4.73. The Morgan fingerprint density at radius 2 is 2.00 bits per heavy atom. The molecule has 96 valence electrons. The van der Waals surface area contributed by atoms with Gasteiger partial charge in [0, 0.05) is 19.6 Å². The summed E-state index contributed by atoms with van der Waals surface area (Å²) in [6, 6.07) is 6.71. The molecule has 0 spiro atoms.